The Morgan fingerprint density at radius 3 is 2.85 bits per heavy atom. The van der Waals surface area contributed by atoms with Crippen LogP contribution in [0.15, 0.2) is 23.8 Å². The zero-order valence-corrected chi connectivity index (χ0v) is 10.7. The van der Waals surface area contributed by atoms with Gasteiger partial charge in [0, 0.05) is 10.4 Å². The molecule has 13 heavy (non-hydrogen) atoms. The average Bonchev–Trinajstić information content (AvgIpc) is 2.00. The highest BCUT2D eigenvalue weighted by atomic mass is 79.9. The minimum atomic E-state index is -0.201. The molecule has 0 bridgehead atoms. The minimum Gasteiger partial charge on any atom is -0.118 e. The fraction of sp³-hybridized carbons (Fsp3) is 0.600. The molecule has 0 aromatic carbocycles. The Balaban J connectivity index is 2.73. The molecule has 1 aliphatic rings. The summed E-state index contributed by atoms with van der Waals surface area (Å²) in [5.74, 6) is 0.369. The summed E-state index contributed by atoms with van der Waals surface area (Å²) < 4.78 is 0. The van der Waals surface area contributed by atoms with Crippen molar-refractivity contribution < 1.29 is 0 Å². The number of allylic oxidation sites excluding steroid dienone is 2. The number of alkyl halides is 2. The monoisotopic (exact) mass is 282 g/mol. The van der Waals surface area contributed by atoms with Crippen LogP contribution in [0.25, 0.3) is 0 Å². The first-order valence-corrected chi connectivity index (χ1v) is 5.98. The first kappa shape index (κ1) is 11.6. The van der Waals surface area contributed by atoms with Crippen LogP contribution in [0.5, 0.6) is 0 Å². The van der Waals surface area contributed by atoms with Crippen LogP contribution in [0.4, 0.5) is 0 Å². The number of hydrogen-bond donors (Lipinski definition) is 0. The van der Waals surface area contributed by atoms with Crippen molar-refractivity contribution in [2.24, 2.45) is 5.92 Å². The Bertz CT molecular complexity index is 233. The average molecular weight is 284 g/mol. The van der Waals surface area contributed by atoms with Crippen molar-refractivity contribution >= 4 is 39.1 Å². The van der Waals surface area contributed by atoms with E-state index < -0.39 is 0 Å². The zero-order chi connectivity index (χ0) is 10.1. The van der Waals surface area contributed by atoms with Gasteiger partial charge in [-0.15, -0.1) is 11.6 Å². The Kier molecular flexibility index (Phi) is 3.91. The smallest absolute Gasteiger partial charge is 0.0580 e. The van der Waals surface area contributed by atoms with Crippen molar-refractivity contribution in [1.29, 1.82) is 0 Å². The third kappa shape index (κ3) is 2.74. The van der Waals surface area contributed by atoms with E-state index in [1.807, 2.05) is 13.0 Å². The van der Waals surface area contributed by atoms with Gasteiger partial charge in [0.05, 0.1) is 4.87 Å². The second-order valence-electron chi connectivity index (χ2n) is 3.74. The molecule has 0 spiro atoms. The maximum Gasteiger partial charge on any atom is 0.0580 e. The highest BCUT2D eigenvalue weighted by Crippen LogP contribution is 2.43. The van der Waals surface area contributed by atoms with Crippen LogP contribution in [0, 0.1) is 5.92 Å². The largest absolute Gasteiger partial charge is 0.118 e. The Hall–Kier alpha value is 0.540. The lowest BCUT2D eigenvalue weighted by atomic mass is 9.79. The van der Waals surface area contributed by atoms with E-state index in [9.17, 15) is 0 Å². The van der Waals surface area contributed by atoms with Gasteiger partial charge in [-0.3, -0.25) is 0 Å². The van der Waals surface area contributed by atoms with Gasteiger partial charge in [-0.05, 0) is 25.7 Å². The number of rotatable bonds is 1. The van der Waals surface area contributed by atoms with Gasteiger partial charge < -0.3 is 0 Å². The summed E-state index contributed by atoms with van der Waals surface area (Å²) in [5, 5.41) is 0. The topological polar surface area (TPSA) is 0 Å². The van der Waals surface area contributed by atoms with Crippen molar-refractivity contribution in [1.82, 2.24) is 0 Å². The molecule has 74 valence electrons. The van der Waals surface area contributed by atoms with Gasteiger partial charge in [0.15, 0.2) is 0 Å². The molecule has 0 N–H and O–H groups in total. The molecule has 0 aromatic rings. The highest BCUT2D eigenvalue weighted by molar-refractivity contribution is 9.09. The third-order valence-corrected chi connectivity index (χ3v) is 4.71. The summed E-state index contributed by atoms with van der Waals surface area (Å²) in [5.41, 5.74) is 2.73. The molecule has 0 unspecified atom stereocenters. The quantitative estimate of drug-likeness (QED) is 0.492. The maximum atomic E-state index is 6.32. The van der Waals surface area contributed by atoms with E-state index >= 15 is 0 Å². The van der Waals surface area contributed by atoms with E-state index in [1.165, 1.54) is 5.57 Å². The van der Waals surface area contributed by atoms with Gasteiger partial charge in [0.2, 0.25) is 0 Å². The predicted molar refractivity (Wildman–Crippen MR) is 63.8 cm³/mol. The van der Waals surface area contributed by atoms with Crippen molar-refractivity contribution in [3.63, 3.8) is 0 Å². The van der Waals surface area contributed by atoms with E-state index in [0.717, 1.165) is 12.8 Å². The van der Waals surface area contributed by atoms with Crippen molar-refractivity contribution in [3.05, 3.63) is 23.8 Å². The first-order valence-electron chi connectivity index (χ1n) is 4.25. The van der Waals surface area contributed by atoms with Gasteiger partial charge in [-0.25, -0.2) is 0 Å². The third-order valence-electron chi connectivity index (χ3n) is 2.52. The summed E-state index contributed by atoms with van der Waals surface area (Å²) >= 11 is 15.5. The normalized spacial score (nSPS) is 41.4. The molecule has 3 atom stereocenters. The van der Waals surface area contributed by atoms with Crippen LogP contribution in [0.1, 0.15) is 19.8 Å². The maximum absolute atomic E-state index is 6.32. The Morgan fingerprint density at radius 1 is 1.69 bits per heavy atom. The van der Waals surface area contributed by atoms with Gasteiger partial charge in [-0.1, -0.05) is 45.8 Å². The molecule has 3 heteroatoms. The molecule has 1 rings (SSSR count). The van der Waals surface area contributed by atoms with E-state index in [2.05, 4.69) is 22.5 Å². The number of halogens is 3. The van der Waals surface area contributed by atoms with Gasteiger partial charge in [0.25, 0.3) is 0 Å². The summed E-state index contributed by atoms with van der Waals surface area (Å²) in [4.78, 5) is 0.123. The van der Waals surface area contributed by atoms with Crippen LogP contribution in [-0.4, -0.2) is 9.70 Å². The number of hydrogen-bond acceptors (Lipinski definition) is 0. The highest BCUT2D eigenvalue weighted by Gasteiger charge is 2.37. The molecule has 0 nitrogen and oxygen atoms in total. The fourth-order valence-corrected chi connectivity index (χ4v) is 2.62. The lowest BCUT2D eigenvalue weighted by Gasteiger charge is -2.37. The summed E-state index contributed by atoms with van der Waals surface area (Å²) in [6.07, 6.45) is 3.79. The summed E-state index contributed by atoms with van der Waals surface area (Å²) in [6, 6.07) is 0. The zero-order valence-electron chi connectivity index (χ0n) is 7.56. The molecular weight excluding hydrogens is 271 g/mol. The lowest BCUT2D eigenvalue weighted by molar-refractivity contribution is 0.456. The molecular formula is C10H13BrCl2. The molecule has 1 fully saturated rings. The van der Waals surface area contributed by atoms with Crippen LogP contribution < -0.4 is 0 Å². The Morgan fingerprint density at radius 2 is 2.31 bits per heavy atom. The molecule has 0 aromatic heterocycles. The minimum absolute atomic E-state index is 0.201. The standard InChI is InChI=1S/C10H13BrCl2/c1-7-6-10(2,13)9(11)5-8(7)3-4-12/h3-4,8-9H,1,5-6H2,2H3/b4-3+/t8-,9+,10-/m1/s1. The molecule has 1 saturated carbocycles. The molecule has 1 aliphatic carbocycles. The second kappa shape index (κ2) is 4.37. The molecule has 0 heterocycles. The lowest BCUT2D eigenvalue weighted by Crippen LogP contribution is -2.36. The van der Waals surface area contributed by atoms with Gasteiger partial charge in [0.1, 0.15) is 0 Å². The predicted octanol–water partition coefficient (Wildman–Crippen LogP) is 4.47. The van der Waals surface area contributed by atoms with Crippen LogP contribution >= 0.6 is 39.1 Å². The van der Waals surface area contributed by atoms with E-state index in [0.29, 0.717) is 10.7 Å². The van der Waals surface area contributed by atoms with E-state index in [-0.39, 0.29) is 4.87 Å². The second-order valence-corrected chi connectivity index (χ2v) is 5.96. The Labute approximate surface area is 98.1 Å². The summed E-state index contributed by atoms with van der Waals surface area (Å²) in [7, 11) is 0. The van der Waals surface area contributed by atoms with Crippen LogP contribution in [-0.2, 0) is 0 Å². The van der Waals surface area contributed by atoms with E-state index in [1.54, 1.807) is 5.54 Å². The van der Waals surface area contributed by atoms with Gasteiger partial charge >= 0.3 is 0 Å². The molecule has 0 aliphatic heterocycles. The van der Waals surface area contributed by atoms with Crippen molar-refractivity contribution in [3.8, 4) is 0 Å². The van der Waals surface area contributed by atoms with Crippen molar-refractivity contribution in [2.45, 2.75) is 29.5 Å². The molecule has 0 saturated heterocycles. The molecule has 0 radical (unpaired) electrons. The SMILES string of the molecule is C=C1C[C@@](C)(Cl)[C@@H](Br)C[C@H]1/C=C/Cl. The van der Waals surface area contributed by atoms with Crippen LogP contribution in [0.2, 0.25) is 0 Å². The summed E-state index contributed by atoms with van der Waals surface area (Å²) in [6.45, 7) is 6.07. The fourth-order valence-electron chi connectivity index (χ4n) is 1.62. The van der Waals surface area contributed by atoms with Crippen LogP contribution in [0.3, 0.4) is 0 Å². The molecule has 0 amide bonds. The first-order chi connectivity index (χ1) is 5.97. The van der Waals surface area contributed by atoms with Gasteiger partial charge in [-0.2, -0.15) is 0 Å². The van der Waals surface area contributed by atoms with Crippen molar-refractivity contribution in [2.75, 3.05) is 0 Å². The van der Waals surface area contributed by atoms with E-state index in [4.69, 9.17) is 23.2 Å².